The van der Waals surface area contributed by atoms with Gasteiger partial charge in [-0.25, -0.2) is 9.48 Å². The SMILES string of the molecule is Nc1c(C2CCCCC2)c(C(=O)O)nn1C1CCCC1. The highest BCUT2D eigenvalue weighted by molar-refractivity contribution is 5.89. The van der Waals surface area contributed by atoms with Crippen molar-refractivity contribution in [1.29, 1.82) is 0 Å². The van der Waals surface area contributed by atoms with Crippen LogP contribution in [0.1, 0.15) is 85.8 Å². The van der Waals surface area contributed by atoms with Crippen molar-refractivity contribution in [3.8, 4) is 0 Å². The van der Waals surface area contributed by atoms with Gasteiger partial charge in [-0.1, -0.05) is 32.1 Å². The van der Waals surface area contributed by atoms with E-state index < -0.39 is 5.97 Å². The zero-order valence-corrected chi connectivity index (χ0v) is 11.8. The number of nitrogens with zero attached hydrogens (tertiary/aromatic N) is 2. The second-order valence-corrected chi connectivity index (χ2v) is 6.17. The molecule has 0 bridgehead atoms. The normalized spacial score (nSPS) is 21.4. The first-order valence-electron chi connectivity index (χ1n) is 7.79. The number of carbonyl (C=O) groups is 1. The summed E-state index contributed by atoms with van der Waals surface area (Å²) in [5.41, 5.74) is 7.29. The number of anilines is 1. The Labute approximate surface area is 119 Å². The maximum atomic E-state index is 11.5. The van der Waals surface area contributed by atoms with Gasteiger partial charge in [-0.3, -0.25) is 0 Å². The van der Waals surface area contributed by atoms with Crippen molar-refractivity contribution in [2.75, 3.05) is 5.73 Å². The number of nitrogens with two attached hydrogens (primary N) is 1. The molecule has 5 heteroatoms. The molecule has 0 atom stereocenters. The molecule has 0 radical (unpaired) electrons. The molecule has 1 aromatic rings. The molecule has 2 aliphatic rings. The highest BCUT2D eigenvalue weighted by Gasteiger charge is 2.31. The molecule has 110 valence electrons. The zero-order chi connectivity index (χ0) is 14.1. The van der Waals surface area contributed by atoms with Gasteiger partial charge in [0.05, 0.1) is 6.04 Å². The van der Waals surface area contributed by atoms with E-state index in [2.05, 4.69) is 5.10 Å². The van der Waals surface area contributed by atoms with Crippen molar-refractivity contribution < 1.29 is 9.90 Å². The van der Waals surface area contributed by atoms with Crippen LogP contribution in [0.2, 0.25) is 0 Å². The van der Waals surface area contributed by atoms with E-state index in [0.29, 0.717) is 11.9 Å². The third-order valence-corrected chi connectivity index (χ3v) is 4.87. The molecule has 0 spiro atoms. The lowest BCUT2D eigenvalue weighted by Gasteiger charge is -2.22. The van der Waals surface area contributed by atoms with Gasteiger partial charge in [-0.2, -0.15) is 5.10 Å². The van der Waals surface area contributed by atoms with Gasteiger partial charge in [0, 0.05) is 5.56 Å². The van der Waals surface area contributed by atoms with E-state index in [4.69, 9.17) is 5.73 Å². The summed E-state index contributed by atoms with van der Waals surface area (Å²) in [6, 6.07) is 0.297. The Hall–Kier alpha value is -1.52. The van der Waals surface area contributed by atoms with Gasteiger partial charge in [0.1, 0.15) is 5.82 Å². The van der Waals surface area contributed by atoms with Gasteiger partial charge in [-0.15, -0.1) is 0 Å². The van der Waals surface area contributed by atoms with Gasteiger partial charge < -0.3 is 10.8 Å². The fourth-order valence-electron chi connectivity index (χ4n) is 3.84. The number of carboxylic acids is 1. The summed E-state index contributed by atoms with van der Waals surface area (Å²) in [7, 11) is 0. The largest absolute Gasteiger partial charge is 0.476 e. The number of carboxylic acid groups (broad SMARTS) is 1. The second kappa shape index (κ2) is 5.46. The Balaban J connectivity index is 1.99. The van der Waals surface area contributed by atoms with Gasteiger partial charge in [-0.05, 0) is 31.6 Å². The standard InChI is InChI=1S/C15H23N3O2/c16-14-12(10-6-2-1-3-7-10)13(15(19)20)17-18(14)11-8-4-5-9-11/h10-11H,1-9,16H2,(H,19,20). The Morgan fingerprint density at radius 3 is 2.30 bits per heavy atom. The minimum atomic E-state index is -0.936. The summed E-state index contributed by atoms with van der Waals surface area (Å²) in [5, 5.41) is 13.8. The Morgan fingerprint density at radius 2 is 1.70 bits per heavy atom. The molecule has 2 fully saturated rings. The van der Waals surface area contributed by atoms with Crippen LogP contribution in [0.4, 0.5) is 5.82 Å². The average molecular weight is 277 g/mol. The first-order chi connectivity index (χ1) is 9.68. The van der Waals surface area contributed by atoms with Crippen LogP contribution in [0, 0.1) is 0 Å². The van der Waals surface area contributed by atoms with Crippen molar-refractivity contribution in [2.45, 2.75) is 69.7 Å². The minimum Gasteiger partial charge on any atom is -0.476 e. The monoisotopic (exact) mass is 277 g/mol. The van der Waals surface area contributed by atoms with Crippen LogP contribution in [0.3, 0.4) is 0 Å². The summed E-state index contributed by atoms with van der Waals surface area (Å²) in [4.78, 5) is 11.5. The highest BCUT2D eigenvalue weighted by Crippen LogP contribution is 2.40. The molecule has 2 aliphatic carbocycles. The van der Waals surface area contributed by atoms with E-state index in [1.54, 1.807) is 4.68 Å². The third-order valence-electron chi connectivity index (χ3n) is 4.87. The van der Waals surface area contributed by atoms with Crippen molar-refractivity contribution in [3.05, 3.63) is 11.3 Å². The van der Waals surface area contributed by atoms with Crippen LogP contribution in [-0.4, -0.2) is 20.9 Å². The lowest BCUT2D eigenvalue weighted by atomic mass is 9.83. The van der Waals surface area contributed by atoms with Gasteiger partial charge in [0.25, 0.3) is 0 Å². The Morgan fingerprint density at radius 1 is 1.10 bits per heavy atom. The molecule has 0 amide bonds. The smallest absolute Gasteiger partial charge is 0.356 e. The predicted octanol–water partition coefficient (Wildman–Crippen LogP) is 3.33. The quantitative estimate of drug-likeness (QED) is 0.888. The molecule has 1 aromatic heterocycles. The summed E-state index contributed by atoms with van der Waals surface area (Å²) < 4.78 is 1.81. The summed E-state index contributed by atoms with van der Waals surface area (Å²) in [6.45, 7) is 0. The molecule has 5 nitrogen and oxygen atoms in total. The van der Waals surface area contributed by atoms with Crippen LogP contribution < -0.4 is 5.73 Å². The van der Waals surface area contributed by atoms with Crippen LogP contribution >= 0.6 is 0 Å². The molecule has 0 aliphatic heterocycles. The fraction of sp³-hybridized carbons (Fsp3) is 0.733. The van der Waals surface area contributed by atoms with E-state index in [1.807, 2.05) is 0 Å². The van der Waals surface area contributed by atoms with Gasteiger partial charge in [0.2, 0.25) is 0 Å². The third kappa shape index (κ3) is 2.30. The molecule has 3 rings (SSSR count). The fourth-order valence-corrected chi connectivity index (χ4v) is 3.84. The molecular formula is C15H23N3O2. The van der Waals surface area contributed by atoms with Crippen LogP contribution in [0.5, 0.6) is 0 Å². The van der Waals surface area contributed by atoms with E-state index in [0.717, 1.165) is 44.1 Å². The lowest BCUT2D eigenvalue weighted by Crippen LogP contribution is -2.12. The van der Waals surface area contributed by atoms with Crippen LogP contribution in [0.25, 0.3) is 0 Å². The molecular weight excluding hydrogens is 254 g/mol. The summed E-state index contributed by atoms with van der Waals surface area (Å²) in [6.07, 6.45) is 10.2. The second-order valence-electron chi connectivity index (χ2n) is 6.17. The molecule has 0 unspecified atom stereocenters. The number of hydrogen-bond acceptors (Lipinski definition) is 3. The van der Waals surface area contributed by atoms with Crippen LogP contribution in [0.15, 0.2) is 0 Å². The number of aromatic nitrogens is 2. The minimum absolute atomic E-state index is 0.196. The van der Waals surface area contributed by atoms with Gasteiger partial charge >= 0.3 is 5.97 Å². The number of nitrogen functional groups attached to an aromatic ring is 1. The predicted molar refractivity (Wildman–Crippen MR) is 76.9 cm³/mol. The van der Waals surface area contributed by atoms with Crippen LogP contribution in [-0.2, 0) is 0 Å². The first-order valence-corrected chi connectivity index (χ1v) is 7.79. The summed E-state index contributed by atoms with van der Waals surface area (Å²) in [5.74, 6) is -0.0415. The van der Waals surface area contributed by atoms with Gasteiger partial charge in [0.15, 0.2) is 5.69 Å². The van der Waals surface area contributed by atoms with Crippen molar-refractivity contribution in [1.82, 2.24) is 9.78 Å². The molecule has 20 heavy (non-hydrogen) atoms. The first kappa shape index (κ1) is 13.5. The summed E-state index contributed by atoms with van der Waals surface area (Å²) >= 11 is 0. The molecule has 0 saturated heterocycles. The molecule has 0 aromatic carbocycles. The van der Waals surface area contributed by atoms with E-state index in [1.165, 1.54) is 19.3 Å². The zero-order valence-electron chi connectivity index (χ0n) is 11.8. The Bertz CT molecular complexity index is 497. The lowest BCUT2D eigenvalue weighted by molar-refractivity contribution is 0.0687. The maximum Gasteiger partial charge on any atom is 0.356 e. The molecule has 2 saturated carbocycles. The maximum absolute atomic E-state index is 11.5. The van der Waals surface area contributed by atoms with Crippen molar-refractivity contribution in [3.63, 3.8) is 0 Å². The molecule has 3 N–H and O–H groups in total. The topological polar surface area (TPSA) is 81.1 Å². The van der Waals surface area contributed by atoms with E-state index >= 15 is 0 Å². The number of hydrogen-bond donors (Lipinski definition) is 2. The number of rotatable bonds is 3. The van der Waals surface area contributed by atoms with E-state index in [9.17, 15) is 9.90 Å². The van der Waals surface area contributed by atoms with Crippen molar-refractivity contribution >= 4 is 11.8 Å². The average Bonchev–Trinajstić information content (AvgIpc) is 3.07. The highest BCUT2D eigenvalue weighted by atomic mass is 16.4. The Kier molecular flexibility index (Phi) is 3.68. The number of aromatic carboxylic acids is 1. The van der Waals surface area contributed by atoms with E-state index in [-0.39, 0.29) is 11.6 Å². The van der Waals surface area contributed by atoms with Crippen molar-refractivity contribution in [2.24, 2.45) is 0 Å². The molecule has 1 heterocycles.